The number of benzene rings is 1. The van der Waals surface area contributed by atoms with Crippen molar-refractivity contribution in [2.75, 3.05) is 11.9 Å². The fourth-order valence-electron chi connectivity index (χ4n) is 2.64. The normalized spacial score (nSPS) is 17.3. The van der Waals surface area contributed by atoms with Crippen molar-refractivity contribution >= 4 is 17.4 Å². The van der Waals surface area contributed by atoms with Gasteiger partial charge in [0.15, 0.2) is 11.6 Å². The third-order valence-electron chi connectivity index (χ3n) is 3.76. The van der Waals surface area contributed by atoms with Crippen LogP contribution in [0.1, 0.15) is 37.1 Å². The quantitative estimate of drug-likeness (QED) is 0.922. The zero-order valence-corrected chi connectivity index (χ0v) is 13.0. The van der Waals surface area contributed by atoms with Crippen LogP contribution in [-0.2, 0) is 6.42 Å². The Morgan fingerprint density at radius 2 is 2.27 bits per heavy atom. The van der Waals surface area contributed by atoms with E-state index in [0.29, 0.717) is 29.5 Å². The lowest BCUT2D eigenvalue weighted by atomic mass is 10.0. The minimum atomic E-state index is -0.390. The highest BCUT2D eigenvalue weighted by Gasteiger charge is 2.23. The van der Waals surface area contributed by atoms with E-state index in [1.54, 1.807) is 6.07 Å². The zero-order chi connectivity index (χ0) is 15.5. The van der Waals surface area contributed by atoms with Crippen LogP contribution in [0.2, 0.25) is 5.02 Å². The zero-order valence-electron chi connectivity index (χ0n) is 12.3. The topological polar surface area (TPSA) is 47.0 Å². The number of para-hydroxylation sites is 1. The lowest BCUT2D eigenvalue weighted by molar-refractivity contribution is 0.316. The number of rotatable bonds is 3. The summed E-state index contributed by atoms with van der Waals surface area (Å²) in [5.41, 5.74) is 1.34. The molecule has 1 aromatic carbocycles. The number of anilines is 1. The van der Waals surface area contributed by atoms with Crippen LogP contribution in [0.15, 0.2) is 24.5 Å². The number of nitrogens with zero attached hydrogens (tertiary/aromatic N) is 2. The van der Waals surface area contributed by atoms with Gasteiger partial charge in [0.2, 0.25) is 0 Å². The van der Waals surface area contributed by atoms with E-state index < -0.39 is 5.82 Å². The van der Waals surface area contributed by atoms with Crippen LogP contribution in [0, 0.1) is 5.82 Å². The Bertz CT molecular complexity index is 680. The van der Waals surface area contributed by atoms with Gasteiger partial charge in [0, 0.05) is 5.56 Å². The van der Waals surface area contributed by atoms with Gasteiger partial charge in [-0.05, 0) is 25.3 Å². The Balaban J connectivity index is 1.95. The van der Waals surface area contributed by atoms with Gasteiger partial charge in [-0.1, -0.05) is 30.7 Å². The van der Waals surface area contributed by atoms with E-state index in [9.17, 15) is 4.39 Å². The molecule has 2 aromatic rings. The maximum Gasteiger partial charge on any atom is 0.186 e. The average molecular weight is 322 g/mol. The monoisotopic (exact) mass is 321 g/mol. The van der Waals surface area contributed by atoms with Crippen molar-refractivity contribution in [3.05, 3.63) is 46.6 Å². The fraction of sp³-hybridized carbons (Fsp3) is 0.375. The number of hydrogen-bond acceptors (Lipinski definition) is 4. The summed E-state index contributed by atoms with van der Waals surface area (Å²) < 4.78 is 20.1. The predicted octanol–water partition coefficient (Wildman–Crippen LogP) is 4.16. The lowest BCUT2D eigenvalue weighted by Gasteiger charge is -2.20. The van der Waals surface area contributed by atoms with E-state index in [1.807, 2.05) is 19.1 Å². The van der Waals surface area contributed by atoms with Crippen LogP contribution in [0.4, 0.5) is 10.2 Å². The van der Waals surface area contributed by atoms with Crippen molar-refractivity contribution in [1.82, 2.24) is 9.97 Å². The summed E-state index contributed by atoms with van der Waals surface area (Å²) >= 11 is 6.21. The van der Waals surface area contributed by atoms with Crippen molar-refractivity contribution in [3.8, 4) is 5.75 Å². The maximum absolute atomic E-state index is 14.3. The molecule has 0 fully saturated rings. The molecule has 1 atom stereocenters. The summed E-state index contributed by atoms with van der Waals surface area (Å²) in [6.45, 7) is 2.46. The first kappa shape index (κ1) is 15.0. The molecule has 22 heavy (non-hydrogen) atoms. The van der Waals surface area contributed by atoms with Crippen molar-refractivity contribution in [1.29, 1.82) is 0 Å². The molecule has 0 bridgehead atoms. The first-order valence-electron chi connectivity index (χ1n) is 7.37. The summed E-state index contributed by atoms with van der Waals surface area (Å²) in [6.07, 6.45) is 3.59. The van der Waals surface area contributed by atoms with E-state index in [-0.39, 0.29) is 11.9 Å². The van der Waals surface area contributed by atoms with Crippen molar-refractivity contribution in [2.45, 2.75) is 32.2 Å². The van der Waals surface area contributed by atoms with E-state index in [0.717, 1.165) is 18.4 Å². The molecule has 0 saturated carbocycles. The first-order chi connectivity index (χ1) is 10.7. The van der Waals surface area contributed by atoms with E-state index in [1.165, 1.54) is 6.33 Å². The molecule has 3 rings (SSSR count). The highest BCUT2D eigenvalue weighted by molar-refractivity contribution is 6.32. The highest BCUT2D eigenvalue weighted by Crippen LogP contribution is 2.38. The molecule has 0 radical (unpaired) electrons. The second-order valence-electron chi connectivity index (χ2n) is 5.18. The highest BCUT2D eigenvalue weighted by atomic mass is 35.5. The second kappa shape index (κ2) is 6.48. The van der Waals surface area contributed by atoms with E-state index >= 15 is 0 Å². The van der Waals surface area contributed by atoms with Crippen LogP contribution < -0.4 is 10.1 Å². The van der Waals surface area contributed by atoms with Gasteiger partial charge in [-0.2, -0.15) is 0 Å². The average Bonchev–Trinajstić information content (AvgIpc) is 2.73. The van der Waals surface area contributed by atoms with Gasteiger partial charge in [-0.25, -0.2) is 14.4 Å². The summed E-state index contributed by atoms with van der Waals surface area (Å²) in [5.74, 6) is 0.507. The molecule has 1 aromatic heterocycles. The number of aromatic nitrogens is 2. The minimum Gasteiger partial charge on any atom is -0.492 e. The van der Waals surface area contributed by atoms with Crippen molar-refractivity contribution in [2.24, 2.45) is 0 Å². The van der Waals surface area contributed by atoms with Gasteiger partial charge >= 0.3 is 0 Å². The molecule has 1 unspecified atom stereocenters. The molecule has 0 spiro atoms. The van der Waals surface area contributed by atoms with Crippen LogP contribution >= 0.6 is 11.6 Å². The number of aryl methyl sites for hydroxylation is 1. The molecular formula is C16H17ClFN3O. The van der Waals surface area contributed by atoms with Gasteiger partial charge in [-0.15, -0.1) is 0 Å². The Morgan fingerprint density at radius 3 is 3.09 bits per heavy atom. The molecule has 0 amide bonds. The third-order valence-corrected chi connectivity index (χ3v) is 4.06. The van der Waals surface area contributed by atoms with E-state index in [2.05, 4.69) is 15.3 Å². The second-order valence-corrected chi connectivity index (χ2v) is 5.59. The molecule has 1 aliphatic heterocycles. The van der Waals surface area contributed by atoms with Gasteiger partial charge in [-0.3, -0.25) is 0 Å². The Hall–Kier alpha value is -1.88. The Labute approximate surface area is 133 Å². The number of nitrogens with one attached hydrogen (secondary N) is 1. The molecule has 116 valence electrons. The van der Waals surface area contributed by atoms with Crippen LogP contribution in [0.25, 0.3) is 0 Å². The lowest BCUT2D eigenvalue weighted by Crippen LogP contribution is -2.14. The molecule has 6 heteroatoms. The van der Waals surface area contributed by atoms with Crippen molar-refractivity contribution in [3.63, 3.8) is 0 Å². The summed E-state index contributed by atoms with van der Waals surface area (Å²) in [7, 11) is 0. The number of halogens is 2. The third kappa shape index (κ3) is 2.86. The maximum atomic E-state index is 14.3. The van der Waals surface area contributed by atoms with Crippen LogP contribution in [-0.4, -0.2) is 16.6 Å². The summed E-state index contributed by atoms with van der Waals surface area (Å²) in [6, 6.07) is 5.52. The Kier molecular flexibility index (Phi) is 4.43. The van der Waals surface area contributed by atoms with Crippen molar-refractivity contribution < 1.29 is 9.13 Å². The Morgan fingerprint density at radius 1 is 1.41 bits per heavy atom. The summed E-state index contributed by atoms with van der Waals surface area (Å²) in [4.78, 5) is 7.99. The fourth-order valence-corrected chi connectivity index (χ4v) is 2.87. The van der Waals surface area contributed by atoms with Crippen LogP contribution in [0.5, 0.6) is 5.75 Å². The molecule has 4 nitrogen and oxygen atoms in total. The number of fused-ring (bicyclic) bond motifs is 1. The molecular weight excluding hydrogens is 305 g/mol. The molecule has 1 aliphatic rings. The predicted molar refractivity (Wildman–Crippen MR) is 83.9 cm³/mol. The summed E-state index contributed by atoms with van der Waals surface area (Å²) in [5, 5.41) is 3.76. The standard InChI is InChI=1S/C16H17ClFN3O/c1-2-12-14(18)16(20-9-19-12)21-13-7-4-8-22-15-10(13)5-3-6-11(15)17/h3,5-6,9,13H,2,4,7-8H2,1H3,(H,19,20,21). The SMILES string of the molecule is CCc1ncnc(NC2CCCOc3c(Cl)cccc32)c1F. The first-order valence-corrected chi connectivity index (χ1v) is 7.75. The van der Waals surface area contributed by atoms with Crippen LogP contribution in [0.3, 0.4) is 0 Å². The molecule has 0 aliphatic carbocycles. The number of ether oxygens (including phenoxy) is 1. The molecule has 1 N–H and O–H groups in total. The van der Waals surface area contributed by atoms with Gasteiger partial charge in [0.05, 0.1) is 23.4 Å². The number of hydrogen-bond donors (Lipinski definition) is 1. The van der Waals surface area contributed by atoms with Gasteiger partial charge < -0.3 is 10.1 Å². The molecule has 2 heterocycles. The van der Waals surface area contributed by atoms with Gasteiger partial charge in [0.25, 0.3) is 0 Å². The largest absolute Gasteiger partial charge is 0.492 e. The molecule has 0 saturated heterocycles. The van der Waals surface area contributed by atoms with E-state index in [4.69, 9.17) is 16.3 Å². The van der Waals surface area contributed by atoms with Gasteiger partial charge in [0.1, 0.15) is 12.1 Å². The smallest absolute Gasteiger partial charge is 0.186 e. The minimum absolute atomic E-state index is 0.0923.